The number of ether oxygens (including phenoxy) is 1. The van der Waals surface area contributed by atoms with Crippen molar-refractivity contribution in [1.29, 1.82) is 0 Å². The third-order valence-electron chi connectivity index (χ3n) is 6.20. The van der Waals surface area contributed by atoms with Crippen LogP contribution in [0.2, 0.25) is 0 Å². The van der Waals surface area contributed by atoms with Crippen molar-refractivity contribution >= 4 is 17.4 Å². The van der Waals surface area contributed by atoms with Gasteiger partial charge in [-0.3, -0.25) is 9.59 Å². The van der Waals surface area contributed by atoms with Crippen LogP contribution >= 0.6 is 0 Å². The Labute approximate surface area is 210 Å². The van der Waals surface area contributed by atoms with E-state index in [0.29, 0.717) is 30.0 Å². The largest absolute Gasteiger partial charge is 0.507 e. The van der Waals surface area contributed by atoms with Crippen molar-refractivity contribution in [2.75, 3.05) is 27.2 Å². The van der Waals surface area contributed by atoms with E-state index in [-0.39, 0.29) is 17.9 Å². The normalized spacial score (nSPS) is 17.1. The summed E-state index contributed by atoms with van der Waals surface area (Å²) in [5.74, 6) is -1.50. The maximum absolute atomic E-state index is 13.6. The van der Waals surface area contributed by atoms with Crippen molar-refractivity contribution in [3.8, 4) is 5.75 Å². The number of aliphatic hydroxyl groups is 1. The number of carbonyl (C=O) groups is 2. The molecular formula is C29H29FN2O4. The molecule has 0 bridgehead atoms. The second-order valence-electron chi connectivity index (χ2n) is 9.10. The number of aliphatic hydroxyl groups excluding tert-OH is 1. The van der Waals surface area contributed by atoms with Crippen LogP contribution in [0.4, 0.5) is 4.39 Å². The van der Waals surface area contributed by atoms with Gasteiger partial charge in [-0.05, 0) is 68.0 Å². The molecule has 1 fully saturated rings. The van der Waals surface area contributed by atoms with E-state index in [9.17, 15) is 19.1 Å². The van der Waals surface area contributed by atoms with E-state index in [1.807, 2.05) is 56.3 Å². The zero-order valence-corrected chi connectivity index (χ0v) is 20.6. The summed E-state index contributed by atoms with van der Waals surface area (Å²) in [6.45, 7) is 3.05. The van der Waals surface area contributed by atoms with Crippen molar-refractivity contribution in [3.05, 3.63) is 106 Å². The predicted octanol–water partition coefficient (Wildman–Crippen LogP) is 4.70. The number of halogens is 1. The highest BCUT2D eigenvalue weighted by Gasteiger charge is 2.45. The van der Waals surface area contributed by atoms with E-state index in [4.69, 9.17) is 4.74 Å². The molecule has 4 rings (SSSR count). The summed E-state index contributed by atoms with van der Waals surface area (Å²) in [6, 6.07) is 19.7. The third kappa shape index (κ3) is 5.31. The van der Waals surface area contributed by atoms with Gasteiger partial charge in [-0.15, -0.1) is 0 Å². The first-order valence-electron chi connectivity index (χ1n) is 11.7. The molecule has 6 nitrogen and oxygen atoms in total. The average Bonchev–Trinajstić information content (AvgIpc) is 3.12. The van der Waals surface area contributed by atoms with E-state index < -0.39 is 23.5 Å². The Morgan fingerprint density at radius 1 is 1.03 bits per heavy atom. The molecule has 3 aromatic carbocycles. The van der Waals surface area contributed by atoms with Crippen LogP contribution in [0.5, 0.6) is 5.75 Å². The van der Waals surface area contributed by atoms with Crippen LogP contribution in [0.1, 0.15) is 28.3 Å². The molecule has 0 aromatic heterocycles. The smallest absolute Gasteiger partial charge is 0.295 e. The molecule has 0 saturated carbocycles. The molecule has 3 aromatic rings. The highest BCUT2D eigenvalue weighted by Crippen LogP contribution is 2.39. The number of likely N-dealkylation sites (N-methyl/N-ethyl adjacent to an activating group) is 1. The molecule has 0 spiro atoms. The Morgan fingerprint density at radius 3 is 2.36 bits per heavy atom. The molecule has 1 heterocycles. The Kier molecular flexibility index (Phi) is 7.50. The number of carbonyl (C=O) groups excluding carboxylic acids is 2. The molecule has 1 saturated heterocycles. The SMILES string of the molecule is Cc1cc(/C(O)=C2\C(=O)C(=O)N(CCN(C)C)[C@@H]2c2ccc(F)cc2)ccc1OCc1ccccc1. The number of likely N-dealkylation sites (tertiary alicyclic amines) is 1. The van der Waals surface area contributed by atoms with Crippen LogP contribution in [0.25, 0.3) is 5.76 Å². The number of amides is 1. The van der Waals surface area contributed by atoms with Crippen LogP contribution in [0.3, 0.4) is 0 Å². The Hall–Kier alpha value is -3.97. The molecule has 36 heavy (non-hydrogen) atoms. The summed E-state index contributed by atoms with van der Waals surface area (Å²) < 4.78 is 19.6. The van der Waals surface area contributed by atoms with Gasteiger partial charge >= 0.3 is 0 Å². The number of Topliss-reactive ketones (excluding diaryl/α,β-unsaturated/α-hetero) is 1. The third-order valence-corrected chi connectivity index (χ3v) is 6.20. The first-order chi connectivity index (χ1) is 17.3. The van der Waals surface area contributed by atoms with Gasteiger partial charge < -0.3 is 19.6 Å². The van der Waals surface area contributed by atoms with Gasteiger partial charge in [0, 0.05) is 18.7 Å². The second kappa shape index (κ2) is 10.7. The van der Waals surface area contributed by atoms with E-state index in [2.05, 4.69) is 0 Å². The fourth-order valence-electron chi connectivity index (χ4n) is 4.26. The lowest BCUT2D eigenvalue weighted by atomic mass is 9.94. The quantitative estimate of drug-likeness (QED) is 0.283. The number of hydrogen-bond donors (Lipinski definition) is 1. The molecule has 0 aliphatic carbocycles. The summed E-state index contributed by atoms with van der Waals surface area (Å²) in [7, 11) is 3.74. The van der Waals surface area contributed by atoms with E-state index in [1.165, 1.54) is 29.2 Å². The molecule has 1 atom stereocenters. The lowest BCUT2D eigenvalue weighted by molar-refractivity contribution is -0.140. The van der Waals surface area contributed by atoms with Crippen LogP contribution in [-0.4, -0.2) is 53.8 Å². The summed E-state index contributed by atoms with van der Waals surface area (Å²) in [5.41, 5.74) is 2.74. The zero-order chi connectivity index (χ0) is 25.8. The van der Waals surface area contributed by atoms with Gasteiger partial charge in [0.25, 0.3) is 11.7 Å². The number of aryl methyl sites for hydroxylation is 1. The highest BCUT2D eigenvalue weighted by molar-refractivity contribution is 6.46. The minimum atomic E-state index is -0.820. The monoisotopic (exact) mass is 488 g/mol. The topological polar surface area (TPSA) is 70.1 Å². The Morgan fingerprint density at radius 2 is 1.72 bits per heavy atom. The van der Waals surface area contributed by atoms with Gasteiger partial charge in [0.2, 0.25) is 0 Å². The Balaban J connectivity index is 1.69. The maximum atomic E-state index is 13.6. The molecule has 1 aliphatic heterocycles. The molecule has 1 aliphatic rings. The number of hydrogen-bond acceptors (Lipinski definition) is 5. The first-order valence-corrected chi connectivity index (χ1v) is 11.7. The fraction of sp³-hybridized carbons (Fsp3) is 0.241. The van der Waals surface area contributed by atoms with Crippen molar-refractivity contribution in [2.45, 2.75) is 19.6 Å². The van der Waals surface area contributed by atoms with Crippen molar-refractivity contribution in [1.82, 2.24) is 9.80 Å². The summed E-state index contributed by atoms with van der Waals surface area (Å²) in [4.78, 5) is 29.4. The molecule has 1 amide bonds. The van der Waals surface area contributed by atoms with Gasteiger partial charge in [0.05, 0.1) is 11.6 Å². The molecule has 0 unspecified atom stereocenters. The van der Waals surface area contributed by atoms with Gasteiger partial charge in [-0.25, -0.2) is 4.39 Å². The van der Waals surface area contributed by atoms with Crippen molar-refractivity contribution in [3.63, 3.8) is 0 Å². The zero-order valence-electron chi connectivity index (χ0n) is 20.6. The lowest BCUT2D eigenvalue weighted by Crippen LogP contribution is -2.35. The molecule has 1 N–H and O–H groups in total. The molecule has 186 valence electrons. The van der Waals surface area contributed by atoms with Crippen LogP contribution in [0.15, 0.2) is 78.4 Å². The Bertz CT molecular complexity index is 1290. The number of benzene rings is 3. The minimum absolute atomic E-state index is 0.0114. The lowest BCUT2D eigenvalue weighted by Gasteiger charge is -2.26. The van der Waals surface area contributed by atoms with Gasteiger partial charge in [0.1, 0.15) is 23.9 Å². The van der Waals surface area contributed by atoms with E-state index in [1.54, 1.807) is 18.2 Å². The predicted molar refractivity (Wildman–Crippen MR) is 136 cm³/mol. The summed E-state index contributed by atoms with van der Waals surface area (Å²) >= 11 is 0. The van der Waals surface area contributed by atoms with Gasteiger partial charge in [-0.2, -0.15) is 0 Å². The van der Waals surface area contributed by atoms with Crippen molar-refractivity contribution in [2.24, 2.45) is 0 Å². The van der Waals surface area contributed by atoms with Gasteiger partial charge in [0.15, 0.2) is 0 Å². The highest BCUT2D eigenvalue weighted by atomic mass is 19.1. The number of nitrogens with zero attached hydrogens (tertiary/aromatic N) is 2. The second-order valence-corrected chi connectivity index (χ2v) is 9.10. The molecule has 0 radical (unpaired) electrons. The van der Waals surface area contributed by atoms with Gasteiger partial charge in [-0.1, -0.05) is 42.5 Å². The van der Waals surface area contributed by atoms with E-state index >= 15 is 0 Å². The van der Waals surface area contributed by atoms with Crippen LogP contribution in [0, 0.1) is 12.7 Å². The summed E-state index contributed by atoms with van der Waals surface area (Å²) in [6.07, 6.45) is 0. The maximum Gasteiger partial charge on any atom is 0.295 e. The molecule has 7 heteroatoms. The first kappa shape index (κ1) is 25.1. The average molecular weight is 489 g/mol. The van der Waals surface area contributed by atoms with Crippen LogP contribution in [-0.2, 0) is 16.2 Å². The van der Waals surface area contributed by atoms with E-state index in [0.717, 1.165) is 11.1 Å². The van der Waals surface area contributed by atoms with Crippen LogP contribution < -0.4 is 4.74 Å². The minimum Gasteiger partial charge on any atom is -0.507 e. The fourth-order valence-corrected chi connectivity index (χ4v) is 4.26. The molecular weight excluding hydrogens is 459 g/mol. The number of rotatable bonds is 8. The van der Waals surface area contributed by atoms with Crippen molar-refractivity contribution < 1.29 is 23.8 Å². The number of ketones is 1. The standard InChI is InChI=1S/C29H29FN2O4/c1-19-17-22(11-14-24(19)36-18-20-7-5-4-6-8-20)27(33)25-26(21-9-12-23(30)13-10-21)32(16-15-31(2)3)29(35)28(25)34/h4-14,17,26,33H,15-16,18H2,1-3H3/b27-25+/t26-/m1/s1. The summed E-state index contributed by atoms with van der Waals surface area (Å²) in [5, 5.41) is 11.3.